The highest BCUT2D eigenvalue weighted by Crippen LogP contribution is 2.31. The van der Waals surface area contributed by atoms with Crippen LogP contribution < -0.4 is 0 Å². The number of halogens is 1. The molecule has 19 heavy (non-hydrogen) atoms. The quantitative estimate of drug-likeness (QED) is 0.844. The molecule has 0 bridgehead atoms. The molecule has 100 valence electrons. The van der Waals surface area contributed by atoms with Gasteiger partial charge in [-0.2, -0.15) is 5.26 Å². The van der Waals surface area contributed by atoms with Crippen molar-refractivity contribution in [2.45, 2.75) is 19.8 Å². The monoisotopic (exact) mass is 262 g/mol. The Balaban J connectivity index is 2.14. The SMILES string of the molecule is CC1(C#N)CCN(C(=O)c2cc(F)ccc2O)CC1. The van der Waals surface area contributed by atoms with Gasteiger partial charge in [0.25, 0.3) is 5.91 Å². The fraction of sp³-hybridized carbons (Fsp3) is 0.429. The van der Waals surface area contributed by atoms with Crippen LogP contribution in [0.1, 0.15) is 30.1 Å². The first-order valence-electron chi connectivity index (χ1n) is 6.14. The maximum absolute atomic E-state index is 13.1. The van der Waals surface area contributed by atoms with Gasteiger partial charge in [-0.25, -0.2) is 4.39 Å². The third-order valence-corrected chi connectivity index (χ3v) is 3.61. The lowest BCUT2D eigenvalue weighted by atomic mass is 9.82. The molecule has 1 amide bonds. The minimum Gasteiger partial charge on any atom is -0.507 e. The van der Waals surface area contributed by atoms with Crippen molar-refractivity contribution in [3.8, 4) is 11.8 Å². The maximum Gasteiger partial charge on any atom is 0.257 e. The lowest BCUT2D eigenvalue weighted by molar-refractivity contribution is 0.0658. The molecular weight excluding hydrogens is 247 g/mol. The normalized spacial score (nSPS) is 17.8. The van der Waals surface area contributed by atoms with Crippen LogP contribution in [0, 0.1) is 22.6 Å². The van der Waals surface area contributed by atoms with Gasteiger partial charge >= 0.3 is 0 Å². The molecule has 0 unspecified atom stereocenters. The number of carbonyl (C=O) groups is 1. The van der Waals surface area contributed by atoms with E-state index in [1.165, 1.54) is 6.07 Å². The summed E-state index contributed by atoms with van der Waals surface area (Å²) in [5.74, 6) is -1.17. The molecule has 1 heterocycles. The molecular formula is C14H15FN2O2. The zero-order valence-electron chi connectivity index (χ0n) is 10.7. The molecule has 1 aliphatic heterocycles. The van der Waals surface area contributed by atoms with Crippen molar-refractivity contribution in [1.82, 2.24) is 4.90 Å². The van der Waals surface area contributed by atoms with E-state index in [0.717, 1.165) is 12.1 Å². The lowest BCUT2D eigenvalue weighted by Crippen LogP contribution is -2.41. The topological polar surface area (TPSA) is 64.3 Å². The number of hydrogen-bond acceptors (Lipinski definition) is 3. The first-order chi connectivity index (χ1) is 8.95. The first kappa shape index (κ1) is 13.3. The minimum atomic E-state index is -0.556. The van der Waals surface area contributed by atoms with Gasteiger partial charge in [-0.1, -0.05) is 0 Å². The van der Waals surface area contributed by atoms with Crippen LogP contribution in [0.2, 0.25) is 0 Å². The van der Waals surface area contributed by atoms with E-state index in [1.807, 2.05) is 6.92 Å². The molecule has 0 aromatic heterocycles. The van der Waals surface area contributed by atoms with Crippen molar-refractivity contribution in [2.75, 3.05) is 13.1 Å². The summed E-state index contributed by atoms with van der Waals surface area (Å²) in [5.41, 5.74) is -0.429. The number of nitriles is 1. The third kappa shape index (κ3) is 2.68. The van der Waals surface area contributed by atoms with Gasteiger partial charge in [-0.3, -0.25) is 4.79 Å². The fourth-order valence-corrected chi connectivity index (χ4v) is 2.17. The maximum atomic E-state index is 13.1. The number of hydrogen-bond donors (Lipinski definition) is 1. The second-order valence-corrected chi connectivity index (χ2v) is 5.13. The number of benzene rings is 1. The van der Waals surface area contributed by atoms with E-state index in [1.54, 1.807) is 4.90 Å². The molecule has 1 N–H and O–H groups in total. The molecule has 2 rings (SSSR count). The van der Waals surface area contributed by atoms with Crippen LogP contribution in [0.15, 0.2) is 18.2 Å². The Hall–Kier alpha value is -2.09. The second-order valence-electron chi connectivity index (χ2n) is 5.13. The molecule has 1 fully saturated rings. The molecule has 1 aromatic carbocycles. The predicted octanol–water partition coefficient (Wildman–Crippen LogP) is 2.30. The zero-order chi connectivity index (χ0) is 14.0. The molecule has 1 saturated heterocycles. The van der Waals surface area contributed by atoms with E-state index in [-0.39, 0.29) is 11.3 Å². The van der Waals surface area contributed by atoms with Gasteiger partial charge < -0.3 is 10.0 Å². The van der Waals surface area contributed by atoms with Crippen LogP contribution >= 0.6 is 0 Å². The number of carbonyl (C=O) groups excluding carboxylic acids is 1. The summed E-state index contributed by atoms with van der Waals surface area (Å²) < 4.78 is 13.1. The Labute approximate surface area is 111 Å². The number of likely N-dealkylation sites (tertiary alicyclic amines) is 1. The van der Waals surface area contributed by atoms with Crippen molar-refractivity contribution in [3.63, 3.8) is 0 Å². The number of phenols is 1. The van der Waals surface area contributed by atoms with Gasteiger partial charge in [0.1, 0.15) is 11.6 Å². The molecule has 4 nitrogen and oxygen atoms in total. The summed E-state index contributed by atoms with van der Waals surface area (Å²) in [5, 5.41) is 18.6. The van der Waals surface area contributed by atoms with Gasteiger partial charge in [-0.05, 0) is 38.0 Å². The Kier molecular flexibility index (Phi) is 3.43. The number of amides is 1. The van der Waals surface area contributed by atoms with Gasteiger partial charge in [0.15, 0.2) is 0 Å². The van der Waals surface area contributed by atoms with Crippen LogP contribution in [0.25, 0.3) is 0 Å². The van der Waals surface area contributed by atoms with E-state index in [9.17, 15) is 14.3 Å². The lowest BCUT2D eigenvalue weighted by Gasteiger charge is -2.35. The second kappa shape index (κ2) is 4.88. The molecule has 0 spiro atoms. The van der Waals surface area contributed by atoms with Crippen LogP contribution in [-0.4, -0.2) is 29.0 Å². The van der Waals surface area contributed by atoms with Gasteiger partial charge in [0, 0.05) is 13.1 Å². The Morgan fingerprint density at radius 1 is 1.47 bits per heavy atom. The van der Waals surface area contributed by atoms with Gasteiger partial charge in [0.2, 0.25) is 0 Å². The number of rotatable bonds is 1. The smallest absolute Gasteiger partial charge is 0.257 e. The highest BCUT2D eigenvalue weighted by atomic mass is 19.1. The van der Waals surface area contributed by atoms with E-state index >= 15 is 0 Å². The summed E-state index contributed by atoms with van der Waals surface area (Å²) in [6, 6.07) is 5.57. The summed E-state index contributed by atoms with van der Waals surface area (Å²) in [6.07, 6.45) is 1.18. The van der Waals surface area contributed by atoms with Gasteiger partial charge in [0.05, 0.1) is 17.0 Å². The van der Waals surface area contributed by atoms with Crippen LogP contribution in [0.5, 0.6) is 5.75 Å². The van der Waals surface area contributed by atoms with E-state index < -0.39 is 17.1 Å². The highest BCUT2D eigenvalue weighted by Gasteiger charge is 2.32. The minimum absolute atomic E-state index is 0.0273. The van der Waals surface area contributed by atoms with E-state index in [2.05, 4.69) is 6.07 Å². The van der Waals surface area contributed by atoms with Crippen LogP contribution in [-0.2, 0) is 0 Å². The molecule has 0 aliphatic carbocycles. The van der Waals surface area contributed by atoms with Crippen molar-refractivity contribution >= 4 is 5.91 Å². The molecule has 1 aliphatic rings. The average molecular weight is 262 g/mol. The van der Waals surface area contributed by atoms with Crippen LogP contribution in [0.4, 0.5) is 4.39 Å². The molecule has 0 radical (unpaired) electrons. The molecule has 0 saturated carbocycles. The zero-order valence-corrected chi connectivity index (χ0v) is 10.7. The largest absolute Gasteiger partial charge is 0.507 e. The van der Waals surface area contributed by atoms with Crippen molar-refractivity contribution in [2.24, 2.45) is 5.41 Å². The van der Waals surface area contributed by atoms with Crippen molar-refractivity contribution in [3.05, 3.63) is 29.6 Å². The average Bonchev–Trinajstić information content (AvgIpc) is 2.42. The fourth-order valence-electron chi connectivity index (χ4n) is 2.17. The predicted molar refractivity (Wildman–Crippen MR) is 66.9 cm³/mol. The van der Waals surface area contributed by atoms with Crippen molar-refractivity contribution < 1.29 is 14.3 Å². The number of phenolic OH excluding ortho intramolecular Hbond substituents is 1. The Morgan fingerprint density at radius 3 is 2.68 bits per heavy atom. The van der Waals surface area contributed by atoms with E-state index in [4.69, 9.17) is 5.26 Å². The summed E-state index contributed by atoms with van der Waals surface area (Å²) in [6.45, 7) is 2.76. The summed E-state index contributed by atoms with van der Waals surface area (Å²) in [7, 11) is 0. The Bertz CT molecular complexity index is 543. The highest BCUT2D eigenvalue weighted by molar-refractivity contribution is 5.96. The number of piperidine rings is 1. The summed E-state index contributed by atoms with van der Waals surface area (Å²) >= 11 is 0. The van der Waals surface area contributed by atoms with Gasteiger partial charge in [-0.15, -0.1) is 0 Å². The van der Waals surface area contributed by atoms with Crippen LogP contribution in [0.3, 0.4) is 0 Å². The van der Waals surface area contributed by atoms with Crippen molar-refractivity contribution in [1.29, 1.82) is 5.26 Å². The first-order valence-corrected chi connectivity index (χ1v) is 6.14. The third-order valence-electron chi connectivity index (χ3n) is 3.61. The molecule has 5 heteroatoms. The standard InChI is InChI=1S/C14H15FN2O2/c1-14(9-16)4-6-17(7-5-14)13(19)11-8-10(15)2-3-12(11)18/h2-3,8,18H,4-7H2,1H3. The molecule has 1 aromatic rings. The van der Waals surface area contributed by atoms with E-state index in [0.29, 0.717) is 25.9 Å². The molecule has 0 atom stereocenters. The number of nitrogens with zero attached hydrogens (tertiary/aromatic N) is 2. The number of aromatic hydroxyl groups is 1. The Morgan fingerprint density at radius 2 is 2.11 bits per heavy atom. The summed E-state index contributed by atoms with van der Waals surface area (Å²) in [4.78, 5) is 13.7.